The Bertz CT molecular complexity index is 725. The van der Waals surface area contributed by atoms with Crippen molar-refractivity contribution in [2.24, 2.45) is 0 Å². The quantitative estimate of drug-likeness (QED) is 0.354. The van der Waals surface area contributed by atoms with Crippen molar-refractivity contribution in [3.05, 3.63) is 69.8 Å². The number of ketones is 1. The molecule has 0 N–H and O–H groups in total. The van der Waals surface area contributed by atoms with Gasteiger partial charge < -0.3 is 0 Å². The summed E-state index contributed by atoms with van der Waals surface area (Å²) in [6.45, 7) is 1.28. The average molecular weight is 304 g/mol. The minimum absolute atomic E-state index is 0.00952. The van der Waals surface area contributed by atoms with E-state index in [2.05, 4.69) is 0 Å². The maximum absolute atomic E-state index is 13.5. The van der Waals surface area contributed by atoms with E-state index in [0.29, 0.717) is 0 Å². The highest BCUT2D eigenvalue weighted by Gasteiger charge is 2.30. The van der Waals surface area contributed by atoms with Crippen molar-refractivity contribution < 1.29 is 31.1 Å². The second kappa shape index (κ2) is 5.23. The largest absolute Gasteiger partial charge is 0.288 e. The molecule has 0 heterocycles. The number of carbonyl (C=O) groups is 1. The molecule has 1 nitrogen and oxygen atoms in total. The Labute approximate surface area is 114 Å². The minimum atomic E-state index is -2.35. The fourth-order valence-corrected chi connectivity index (χ4v) is 1.73. The number of benzene rings is 2. The molecule has 0 aliphatic carbocycles. The number of rotatable bonds is 2. The molecule has 0 fully saturated rings. The van der Waals surface area contributed by atoms with Crippen molar-refractivity contribution in [3.8, 4) is 0 Å². The Kier molecular flexibility index (Phi) is 3.76. The molecule has 0 aromatic heterocycles. The van der Waals surface area contributed by atoms with Crippen molar-refractivity contribution in [1.82, 2.24) is 0 Å². The van der Waals surface area contributed by atoms with E-state index in [9.17, 15) is 31.1 Å². The van der Waals surface area contributed by atoms with Crippen LogP contribution >= 0.6 is 0 Å². The van der Waals surface area contributed by atoms with Crippen LogP contribution in [0.2, 0.25) is 0 Å². The van der Waals surface area contributed by atoms with E-state index in [1.165, 1.54) is 6.92 Å². The van der Waals surface area contributed by atoms with Crippen LogP contribution in [-0.2, 0) is 0 Å². The number of halogens is 6. The molecule has 21 heavy (non-hydrogen) atoms. The normalized spacial score (nSPS) is 10.8. The van der Waals surface area contributed by atoms with Crippen LogP contribution in [0.15, 0.2) is 18.2 Å². The highest BCUT2D eigenvalue weighted by Crippen LogP contribution is 2.25. The second-order valence-electron chi connectivity index (χ2n) is 4.24. The first kappa shape index (κ1) is 15.1. The van der Waals surface area contributed by atoms with E-state index in [1.54, 1.807) is 0 Å². The number of aryl methyl sites for hydroxylation is 1. The fourth-order valence-electron chi connectivity index (χ4n) is 1.73. The molecule has 0 amide bonds. The van der Waals surface area contributed by atoms with E-state index in [4.69, 9.17) is 0 Å². The van der Waals surface area contributed by atoms with Crippen LogP contribution in [0.3, 0.4) is 0 Å². The summed E-state index contributed by atoms with van der Waals surface area (Å²) in [5.74, 6) is -13.3. The van der Waals surface area contributed by atoms with Gasteiger partial charge in [0, 0.05) is 5.56 Å². The summed E-state index contributed by atoms with van der Waals surface area (Å²) in [5.41, 5.74) is -1.97. The number of hydrogen-bond donors (Lipinski definition) is 0. The summed E-state index contributed by atoms with van der Waals surface area (Å²) < 4.78 is 79.1. The zero-order valence-corrected chi connectivity index (χ0v) is 10.4. The molecule has 0 radical (unpaired) electrons. The molecule has 0 saturated heterocycles. The van der Waals surface area contributed by atoms with Crippen LogP contribution < -0.4 is 0 Å². The Hall–Kier alpha value is -2.31. The van der Waals surface area contributed by atoms with Gasteiger partial charge in [-0.25, -0.2) is 26.3 Å². The fraction of sp³-hybridized carbons (Fsp3) is 0.0714. The zero-order valence-electron chi connectivity index (χ0n) is 10.4. The maximum Gasteiger partial charge on any atom is 0.200 e. The summed E-state index contributed by atoms with van der Waals surface area (Å²) in [6.07, 6.45) is 0. The monoisotopic (exact) mass is 304 g/mol. The lowest BCUT2D eigenvalue weighted by atomic mass is 10.00. The van der Waals surface area contributed by atoms with Crippen molar-refractivity contribution in [1.29, 1.82) is 0 Å². The summed E-state index contributed by atoms with van der Waals surface area (Å²) in [4.78, 5) is 11.9. The molecule has 0 atom stereocenters. The molecule has 7 heteroatoms. The minimum Gasteiger partial charge on any atom is -0.288 e. The van der Waals surface area contributed by atoms with E-state index in [1.807, 2.05) is 0 Å². The molecular formula is C14H6F6O. The van der Waals surface area contributed by atoms with Crippen LogP contribution in [0, 0.1) is 41.8 Å². The van der Waals surface area contributed by atoms with Gasteiger partial charge in [0.15, 0.2) is 29.1 Å². The van der Waals surface area contributed by atoms with Crippen molar-refractivity contribution in [2.45, 2.75) is 6.92 Å². The van der Waals surface area contributed by atoms with E-state index in [0.717, 1.165) is 18.2 Å². The first-order chi connectivity index (χ1) is 9.75. The Morgan fingerprint density at radius 1 is 0.810 bits per heavy atom. The highest BCUT2D eigenvalue weighted by molar-refractivity contribution is 6.09. The first-order valence-electron chi connectivity index (χ1n) is 5.58. The van der Waals surface area contributed by atoms with Gasteiger partial charge in [0.05, 0.1) is 0 Å². The van der Waals surface area contributed by atoms with Crippen LogP contribution in [0.5, 0.6) is 0 Å². The van der Waals surface area contributed by atoms with Crippen LogP contribution in [0.1, 0.15) is 21.5 Å². The third-order valence-corrected chi connectivity index (χ3v) is 2.86. The first-order valence-corrected chi connectivity index (χ1v) is 5.58. The van der Waals surface area contributed by atoms with Gasteiger partial charge in [0.1, 0.15) is 11.4 Å². The Morgan fingerprint density at radius 2 is 1.29 bits per heavy atom. The SMILES string of the molecule is Cc1cc(C(=O)c2c(F)c(F)c(F)c(F)c2F)ccc1F. The van der Waals surface area contributed by atoms with E-state index >= 15 is 0 Å². The highest BCUT2D eigenvalue weighted by atomic mass is 19.2. The summed E-state index contributed by atoms with van der Waals surface area (Å²) in [7, 11) is 0. The zero-order chi connectivity index (χ0) is 15.9. The smallest absolute Gasteiger partial charge is 0.200 e. The van der Waals surface area contributed by atoms with E-state index < -0.39 is 51.8 Å². The van der Waals surface area contributed by atoms with Gasteiger partial charge in [-0.2, -0.15) is 0 Å². The summed E-state index contributed by atoms with van der Waals surface area (Å²) >= 11 is 0. The molecular weight excluding hydrogens is 298 g/mol. The maximum atomic E-state index is 13.5. The van der Waals surface area contributed by atoms with Crippen molar-refractivity contribution >= 4 is 5.78 Å². The molecule has 0 spiro atoms. The molecule has 0 aliphatic rings. The molecule has 2 rings (SSSR count). The Balaban J connectivity index is 2.66. The average Bonchev–Trinajstić information content (AvgIpc) is 2.46. The van der Waals surface area contributed by atoms with Gasteiger partial charge >= 0.3 is 0 Å². The lowest BCUT2D eigenvalue weighted by molar-refractivity contribution is 0.102. The van der Waals surface area contributed by atoms with Crippen LogP contribution in [0.4, 0.5) is 26.3 Å². The summed E-state index contributed by atoms with van der Waals surface area (Å²) in [5, 5.41) is 0. The third-order valence-electron chi connectivity index (χ3n) is 2.86. The van der Waals surface area contributed by atoms with Gasteiger partial charge in [0.2, 0.25) is 5.82 Å². The molecule has 0 unspecified atom stereocenters. The Morgan fingerprint density at radius 3 is 1.76 bits per heavy atom. The summed E-state index contributed by atoms with van der Waals surface area (Å²) in [6, 6.07) is 2.70. The predicted molar refractivity (Wildman–Crippen MR) is 60.8 cm³/mol. The van der Waals surface area contributed by atoms with Gasteiger partial charge in [-0.3, -0.25) is 4.79 Å². The van der Waals surface area contributed by atoms with Gasteiger partial charge in [-0.15, -0.1) is 0 Å². The van der Waals surface area contributed by atoms with Crippen molar-refractivity contribution in [3.63, 3.8) is 0 Å². The second-order valence-corrected chi connectivity index (χ2v) is 4.24. The molecule has 0 aliphatic heterocycles. The number of carbonyl (C=O) groups excluding carboxylic acids is 1. The molecule has 0 saturated carbocycles. The molecule has 0 bridgehead atoms. The van der Waals surface area contributed by atoms with Crippen LogP contribution in [0.25, 0.3) is 0 Å². The van der Waals surface area contributed by atoms with Gasteiger partial charge in [-0.1, -0.05) is 0 Å². The standard InChI is InChI=1S/C14H6F6O/c1-5-4-6(2-3-7(5)15)14(21)8-9(16)11(18)13(20)12(19)10(8)17/h2-4H,1H3. The van der Waals surface area contributed by atoms with Crippen molar-refractivity contribution in [2.75, 3.05) is 0 Å². The molecule has 110 valence electrons. The van der Waals surface area contributed by atoms with E-state index in [-0.39, 0.29) is 5.56 Å². The van der Waals surface area contributed by atoms with Gasteiger partial charge in [0.25, 0.3) is 0 Å². The molecule has 2 aromatic carbocycles. The molecule has 2 aromatic rings. The number of hydrogen-bond acceptors (Lipinski definition) is 1. The lowest BCUT2D eigenvalue weighted by Gasteiger charge is -2.08. The lowest BCUT2D eigenvalue weighted by Crippen LogP contribution is -2.14. The van der Waals surface area contributed by atoms with Gasteiger partial charge in [-0.05, 0) is 30.7 Å². The third kappa shape index (κ3) is 2.39. The van der Waals surface area contributed by atoms with Crippen LogP contribution in [-0.4, -0.2) is 5.78 Å². The predicted octanol–water partition coefficient (Wildman–Crippen LogP) is 4.06. The topological polar surface area (TPSA) is 17.1 Å².